The van der Waals surface area contributed by atoms with Crippen molar-refractivity contribution in [2.75, 3.05) is 13.6 Å². The highest BCUT2D eigenvalue weighted by molar-refractivity contribution is 5.80. The predicted octanol–water partition coefficient (Wildman–Crippen LogP) is 0.589. The molecule has 0 fully saturated rings. The van der Waals surface area contributed by atoms with E-state index in [1.807, 2.05) is 19.7 Å². The van der Waals surface area contributed by atoms with Crippen LogP contribution in [0.15, 0.2) is 11.8 Å². The van der Waals surface area contributed by atoms with E-state index in [0.717, 1.165) is 18.2 Å². The molecule has 54 valence electrons. The smallest absolute Gasteiger partial charge is 0.219 e. The largest absolute Gasteiger partial charge is 0.392 e. The first kappa shape index (κ1) is 5.68. The lowest BCUT2D eigenvalue weighted by Gasteiger charge is -2.42. The summed E-state index contributed by atoms with van der Waals surface area (Å²) in [7, 11) is 2.02. The Kier molecular flexibility index (Phi) is 1.11. The number of nitrogens with zero attached hydrogens (tertiary/aromatic N) is 2. The number of likely N-dealkylation sites (N-methyl/N-ethyl adjacent to an activating group) is 1. The highest BCUT2D eigenvalue weighted by Crippen LogP contribution is 2.27. The highest BCUT2D eigenvalue weighted by Gasteiger charge is 2.04. The molecule has 0 aromatic heterocycles. The van der Waals surface area contributed by atoms with Crippen LogP contribution >= 0.6 is 0 Å². The van der Waals surface area contributed by atoms with Crippen LogP contribution in [0.5, 0.6) is 0 Å². The fourth-order valence-corrected chi connectivity index (χ4v) is 1.04. The van der Waals surface area contributed by atoms with Crippen LogP contribution in [0.25, 0.3) is 5.48 Å². The molecule has 0 saturated heterocycles. The molecule has 0 aromatic carbocycles. The van der Waals surface area contributed by atoms with Crippen molar-refractivity contribution in [3.05, 3.63) is 29.7 Å². The molecule has 0 aromatic rings. The Bertz CT molecular complexity index is 198. The summed E-state index contributed by atoms with van der Waals surface area (Å²) in [6, 6.07) is 0. The van der Waals surface area contributed by atoms with Gasteiger partial charge >= 0.3 is 0 Å². The minimum absolute atomic E-state index is 0.898. The van der Waals surface area contributed by atoms with E-state index in [-0.39, 0.29) is 0 Å². The second-order valence-electron chi connectivity index (χ2n) is 2.46. The van der Waals surface area contributed by atoms with Crippen LogP contribution < -0.4 is 0 Å². The lowest BCUT2D eigenvalue weighted by Crippen LogP contribution is -2.25. The summed E-state index contributed by atoms with van der Waals surface area (Å²) in [5, 5.41) is 0. The average molecular weight is 136 g/mol. The summed E-state index contributed by atoms with van der Waals surface area (Å²) in [5.74, 6) is 1.16. The van der Waals surface area contributed by atoms with Gasteiger partial charge in [0.2, 0.25) is 6.29 Å². The van der Waals surface area contributed by atoms with E-state index in [1.54, 1.807) is 6.29 Å². The van der Waals surface area contributed by atoms with Crippen molar-refractivity contribution >= 4 is 6.29 Å². The normalized spacial score (nSPS) is 23.3. The average Bonchev–Trinajstić information content (AvgIpc) is 2.33. The van der Waals surface area contributed by atoms with E-state index in [1.165, 1.54) is 0 Å². The summed E-state index contributed by atoms with van der Waals surface area (Å²) in [6.45, 7) is 2.89. The summed E-state index contributed by atoms with van der Waals surface area (Å²) in [5.41, 5.74) is 4.76. The van der Waals surface area contributed by atoms with E-state index in [2.05, 4.69) is 10.4 Å². The van der Waals surface area contributed by atoms with Crippen LogP contribution in [0.3, 0.4) is 0 Å². The monoisotopic (exact) mass is 136 g/mol. The molecule has 0 bridgehead atoms. The maximum Gasteiger partial charge on any atom is 0.219 e. The number of aldehydes is 1. The van der Waals surface area contributed by atoms with Gasteiger partial charge in [-0.3, -0.25) is 6.54 Å². The Morgan fingerprint density at radius 2 is 2.80 bits per heavy atom. The van der Waals surface area contributed by atoms with Crippen molar-refractivity contribution in [2.45, 2.75) is 0 Å². The van der Waals surface area contributed by atoms with Gasteiger partial charge in [0, 0.05) is 0 Å². The number of carbonyl (C=O) groups excluding carboxylic acids is 1. The number of fused-ring (bicyclic) bond motifs is 1. The topological polar surface area (TPSA) is 28.6 Å². The molecule has 2 aliphatic heterocycles. The van der Waals surface area contributed by atoms with E-state index < -0.39 is 0 Å². The van der Waals surface area contributed by atoms with E-state index in [9.17, 15) is 0 Å². The van der Waals surface area contributed by atoms with Crippen LogP contribution in [-0.2, 0) is 4.53 Å². The van der Waals surface area contributed by atoms with Gasteiger partial charge in [-0.2, -0.15) is 5.92 Å². The molecule has 3 heteroatoms. The molecule has 10 heavy (non-hydrogen) atoms. The Balaban J connectivity index is 2.18. The van der Waals surface area contributed by atoms with Gasteiger partial charge in [-0.15, -0.1) is 0 Å². The third kappa shape index (κ3) is 0.752. The Labute approximate surface area is 60.0 Å². The van der Waals surface area contributed by atoms with E-state index in [4.69, 9.17) is 4.53 Å². The van der Waals surface area contributed by atoms with Crippen molar-refractivity contribution in [1.29, 1.82) is 0 Å². The Morgan fingerprint density at radius 1 is 1.90 bits per heavy atom. The van der Waals surface area contributed by atoms with Crippen LogP contribution in [-0.4, -0.2) is 24.8 Å². The Morgan fingerprint density at radius 3 is 3.70 bits per heavy atom. The number of rotatable bonds is 0. The van der Waals surface area contributed by atoms with Gasteiger partial charge in [0.15, 0.2) is 0 Å². The number of hydrogen-bond acceptors (Lipinski definition) is 1. The zero-order valence-corrected chi connectivity index (χ0v) is 5.74. The van der Waals surface area contributed by atoms with Gasteiger partial charge in [0.1, 0.15) is 0 Å². The molecule has 2 aliphatic rings. The molecule has 0 atom stereocenters. The Hall–Kier alpha value is -1.09. The summed E-state index contributed by atoms with van der Waals surface area (Å²) < 4.78 is 4.79. The molecule has 0 radical (unpaired) electrons. The fraction of sp³-hybridized carbons (Fsp3) is 0.286. The zero-order chi connectivity index (χ0) is 6.97. The van der Waals surface area contributed by atoms with Gasteiger partial charge in [0.05, 0.1) is 0 Å². The van der Waals surface area contributed by atoms with Crippen LogP contribution in [0, 0.1) is 12.5 Å². The van der Waals surface area contributed by atoms with Crippen molar-refractivity contribution < 1.29 is 4.53 Å². The predicted molar refractivity (Wildman–Crippen MR) is 37.7 cm³/mol. The first-order chi connectivity index (χ1) is 4.86. The first-order valence-corrected chi connectivity index (χ1v) is 3.18. The van der Waals surface area contributed by atoms with E-state index in [0.29, 0.717) is 0 Å². The van der Waals surface area contributed by atoms with Crippen molar-refractivity contribution in [3.8, 4) is 0 Å². The molecule has 3 nitrogen and oxygen atoms in total. The second kappa shape index (κ2) is 1.95. The molecule has 0 unspecified atom stereocenters. The summed E-state index contributed by atoms with van der Waals surface area (Å²) in [4.78, 5) is 2.08. The third-order valence-electron chi connectivity index (χ3n) is 1.58. The summed E-state index contributed by atoms with van der Waals surface area (Å²) >= 11 is 0. The molecule has 2 rings (SSSR count). The first-order valence-electron chi connectivity index (χ1n) is 3.18. The van der Waals surface area contributed by atoms with Crippen molar-refractivity contribution in [1.82, 2.24) is 4.90 Å². The zero-order valence-electron chi connectivity index (χ0n) is 5.74. The second-order valence-corrected chi connectivity index (χ2v) is 2.46. The molecule has 0 aliphatic carbocycles. The molecule has 0 N–H and O–H groups in total. The standard InChI is InChI=1S/C7H8N2O/c1-9-3-2-7-6(4-9)5-10-8-7/h2-3,5H,4H2,1H3/q-2. The number of hydroxylamine groups is 1. The third-order valence-corrected chi connectivity index (χ3v) is 1.58. The van der Waals surface area contributed by atoms with Gasteiger partial charge in [-0.05, 0) is 7.05 Å². The molecule has 0 amide bonds. The number of hydrogen-bond donors (Lipinski definition) is 0. The minimum atomic E-state index is 0.898. The fourth-order valence-electron chi connectivity index (χ4n) is 1.04. The van der Waals surface area contributed by atoms with Crippen LogP contribution in [0.2, 0.25) is 0 Å². The van der Waals surface area contributed by atoms with Gasteiger partial charge < -0.3 is 26.7 Å². The molecule has 0 saturated carbocycles. The van der Waals surface area contributed by atoms with Crippen LogP contribution in [0.4, 0.5) is 0 Å². The molecule has 0 spiro atoms. The SMILES string of the molecule is CN1[CH-]C=C2[N-][O+]=C[C-]2C1. The molecular weight excluding hydrogens is 128 g/mol. The van der Waals surface area contributed by atoms with Gasteiger partial charge in [0.25, 0.3) is 0 Å². The summed E-state index contributed by atoms with van der Waals surface area (Å²) in [6.07, 6.45) is 3.64. The van der Waals surface area contributed by atoms with Crippen LogP contribution in [0.1, 0.15) is 0 Å². The maximum atomic E-state index is 4.79. The lowest BCUT2D eigenvalue weighted by atomic mass is 10.0. The quantitative estimate of drug-likeness (QED) is 0.272. The van der Waals surface area contributed by atoms with Gasteiger partial charge in [-0.25, -0.2) is 0 Å². The highest BCUT2D eigenvalue weighted by atomic mass is 16.6. The van der Waals surface area contributed by atoms with Crippen molar-refractivity contribution in [2.24, 2.45) is 0 Å². The lowest BCUT2D eigenvalue weighted by molar-refractivity contribution is -0.381. The molecular formula is C7H8N2O-2. The van der Waals surface area contributed by atoms with Crippen molar-refractivity contribution in [3.63, 3.8) is 0 Å². The maximum absolute atomic E-state index is 4.79. The van der Waals surface area contributed by atoms with E-state index >= 15 is 0 Å². The molecule has 2 heterocycles. The van der Waals surface area contributed by atoms with Gasteiger partial charge in [-0.1, -0.05) is 6.54 Å². The minimum Gasteiger partial charge on any atom is -0.392 e.